The van der Waals surface area contributed by atoms with Crippen LogP contribution in [0.2, 0.25) is 0 Å². The van der Waals surface area contributed by atoms with E-state index in [2.05, 4.69) is 150 Å². The minimum absolute atomic E-state index is 0.649. The number of thiophene rings is 2. The van der Waals surface area contributed by atoms with Crippen molar-refractivity contribution in [3.8, 4) is 51.0 Å². The lowest BCUT2D eigenvalue weighted by Gasteiger charge is -2.13. The lowest BCUT2D eigenvalue weighted by Crippen LogP contribution is -2.01. The van der Waals surface area contributed by atoms with Crippen molar-refractivity contribution in [1.82, 2.24) is 19.5 Å². The molecule has 6 heteroatoms. The van der Waals surface area contributed by atoms with Gasteiger partial charge in [-0.15, -0.1) is 22.7 Å². The first kappa shape index (κ1) is 32.3. The molecule has 0 N–H and O–H groups in total. The molecule has 0 saturated carbocycles. The SMILES string of the molecule is c1ccc(-c2ccc3c(c2)c2ccccc2n3-c2cc(-c3nc(-c4ccccc4)nc(-c4ccccc4)n3)c3sc4ccc5c6ccccc6sc5c4c3c2)cc1. The Balaban J connectivity index is 1.20. The molecule has 0 aliphatic carbocycles. The number of hydrogen-bond donors (Lipinski definition) is 0. The van der Waals surface area contributed by atoms with Gasteiger partial charge in [-0.05, 0) is 53.6 Å². The van der Waals surface area contributed by atoms with Crippen LogP contribution in [0, 0.1) is 0 Å². The summed E-state index contributed by atoms with van der Waals surface area (Å²) in [5.74, 6) is 1.95. The zero-order valence-corrected chi connectivity index (χ0v) is 32.1. The van der Waals surface area contributed by atoms with E-state index in [0.717, 1.165) is 38.1 Å². The predicted octanol–water partition coefficient (Wildman–Crippen LogP) is 14.4. The average Bonchev–Trinajstić information content (AvgIpc) is 3.96. The van der Waals surface area contributed by atoms with Crippen molar-refractivity contribution in [3.05, 3.63) is 182 Å². The minimum Gasteiger partial charge on any atom is -0.309 e. The fourth-order valence-electron chi connectivity index (χ4n) is 8.42. The summed E-state index contributed by atoms with van der Waals surface area (Å²) in [5, 5.41) is 7.50. The first-order chi connectivity index (χ1) is 28.2. The monoisotopic (exact) mass is 762 g/mol. The Morgan fingerprint density at radius 1 is 0.351 bits per heavy atom. The molecule has 0 saturated heterocycles. The van der Waals surface area contributed by atoms with E-state index in [1.807, 2.05) is 59.1 Å². The molecule has 0 bridgehead atoms. The summed E-state index contributed by atoms with van der Waals surface area (Å²) in [5.41, 5.74) is 8.66. The van der Waals surface area contributed by atoms with E-state index >= 15 is 0 Å². The van der Waals surface area contributed by atoms with Crippen LogP contribution < -0.4 is 0 Å². The normalized spacial score (nSPS) is 11.9. The molecule has 0 aliphatic heterocycles. The van der Waals surface area contributed by atoms with E-state index in [-0.39, 0.29) is 0 Å². The van der Waals surface area contributed by atoms with Crippen LogP contribution in [0.5, 0.6) is 0 Å². The third kappa shape index (κ3) is 5.15. The van der Waals surface area contributed by atoms with Crippen LogP contribution >= 0.6 is 22.7 Å². The topological polar surface area (TPSA) is 43.6 Å². The van der Waals surface area contributed by atoms with Crippen molar-refractivity contribution < 1.29 is 0 Å². The van der Waals surface area contributed by atoms with Crippen molar-refractivity contribution >= 4 is 84.8 Å². The molecule has 0 spiro atoms. The number of nitrogens with zero attached hydrogens (tertiary/aromatic N) is 4. The number of hydrogen-bond acceptors (Lipinski definition) is 5. The molecule has 0 unspecified atom stereocenters. The Kier molecular flexibility index (Phi) is 7.24. The molecular formula is C51H30N4S2. The number of fused-ring (bicyclic) bond motifs is 10. The zero-order valence-electron chi connectivity index (χ0n) is 30.4. The van der Waals surface area contributed by atoms with Gasteiger partial charge in [0.15, 0.2) is 17.5 Å². The van der Waals surface area contributed by atoms with Crippen LogP contribution in [0.15, 0.2) is 182 Å². The highest BCUT2D eigenvalue weighted by Gasteiger charge is 2.22. The predicted molar refractivity (Wildman–Crippen MR) is 242 cm³/mol. The second-order valence-corrected chi connectivity index (χ2v) is 16.5. The average molecular weight is 763 g/mol. The lowest BCUT2D eigenvalue weighted by atomic mass is 10.0. The van der Waals surface area contributed by atoms with Gasteiger partial charge in [0, 0.05) is 73.5 Å². The summed E-state index contributed by atoms with van der Waals surface area (Å²) in [4.78, 5) is 15.6. The van der Waals surface area contributed by atoms with Gasteiger partial charge in [-0.2, -0.15) is 0 Å². The van der Waals surface area contributed by atoms with Crippen LogP contribution in [-0.4, -0.2) is 19.5 Å². The van der Waals surface area contributed by atoms with Gasteiger partial charge in [0.1, 0.15) is 0 Å². The van der Waals surface area contributed by atoms with Gasteiger partial charge in [-0.1, -0.05) is 140 Å². The van der Waals surface area contributed by atoms with E-state index in [9.17, 15) is 0 Å². The zero-order chi connectivity index (χ0) is 37.5. The maximum atomic E-state index is 5.29. The van der Waals surface area contributed by atoms with Crippen molar-refractivity contribution in [1.29, 1.82) is 0 Å². The molecule has 0 radical (unpaired) electrons. The number of para-hydroxylation sites is 1. The number of aromatic nitrogens is 4. The molecule has 4 nitrogen and oxygen atoms in total. The second kappa shape index (κ2) is 12.8. The van der Waals surface area contributed by atoms with Crippen molar-refractivity contribution in [2.24, 2.45) is 0 Å². The van der Waals surface area contributed by atoms with Gasteiger partial charge < -0.3 is 4.57 Å². The van der Waals surface area contributed by atoms with E-state index < -0.39 is 0 Å². The quantitative estimate of drug-likeness (QED) is 0.175. The molecule has 8 aromatic carbocycles. The first-order valence-electron chi connectivity index (χ1n) is 19.0. The summed E-state index contributed by atoms with van der Waals surface area (Å²) in [6.07, 6.45) is 0. The van der Waals surface area contributed by atoms with Crippen LogP contribution in [0.4, 0.5) is 0 Å². The van der Waals surface area contributed by atoms with Crippen molar-refractivity contribution in [2.45, 2.75) is 0 Å². The summed E-state index contributed by atoms with van der Waals surface area (Å²) >= 11 is 3.70. The third-order valence-corrected chi connectivity index (χ3v) is 13.5. The summed E-state index contributed by atoms with van der Waals surface area (Å²) in [6.45, 7) is 0. The highest BCUT2D eigenvalue weighted by atomic mass is 32.1. The smallest absolute Gasteiger partial charge is 0.165 e. The molecule has 0 aliphatic rings. The van der Waals surface area contributed by atoms with Crippen LogP contribution in [-0.2, 0) is 0 Å². The molecule has 12 aromatic rings. The minimum atomic E-state index is 0.649. The fraction of sp³-hybridized carbons (Fsp3) is 0. The maximum absolute atomic E-state index is 5.29. The molecule has 266 valence electrons. The third-order valence-electron chi connectivity index (χ3n) is 11.0. The fourth-order valence-corrected chi connectivity index (χ4v) is 10.9. The highest BCUT2D eigenvalue weighted by Crippen LogP contribution is 2.48. The second-order valence-electron chi connectivity index (χ2n) is 14.4. The van der Waals surface area contributed by atoms with Gasteiger partial charge in [0.05, 0.1) is 11.0 Å². The lowest BCUT2D eigenvalue weighted by molar-refractivity contribution is 1.07. The Bertz CT molecular complexity index is 3450. The van der Waals surface area contributed by atoms with Gasteiger partial charge >= 0.3 is 0 Å². The summed E-state index contributed by atoms with van der Waals surface area (Å²) in [6, 6.07) is 64.8. The van der Waals surface area contributed by atoms with Crippen LogP contribution in [0.25, 0.3) is 113 Å². The number of benzene rings is 8. The molecular weight excluding hydrogens is 733 g/mol. The first-order valence-corrected chi connectivity index (χ1v) is 20.7. The van der Waals surface area contributed by atoms with Gasteiger partial charge in [-0.3, -0.25) is 0 Å². The van der Waals surface area contributed by atoms with E-state index in [1.54, 1.807) is 0 Å². The molecule has 4 heterocycles. The van der Waals surface area contributed by atoms with E-state index in [0.29, 0.717) is 17.5 Å². The molecule has 0 amide bonds. The van der Waals surface area contributed by atoms with Crippen LogP contribution in [0.1, 0.15) is 0 Å². The Morgan fingerprint density at radius 3 is 1.68 bits per heavy atom. The Hall–Kier alpha value is -6.99. The number of rotatable bonds is 5. The largest absolute Gasteiger partial charge is 0.309 e. The Labute approximate surface area is 335 Å². The van der Waals surface area contributed by atoms with Gasteiger partial charge in [0.2, 0.25) is 0 Å². The van der Waals surface area contributed by atoms with E-state index in [4.69, 9.17) is 15.0 Å². The Morgan fingerprint density at radius 2 is 0.947 bits per heavy atom. The standard InChI is InChI=1S/C51H30N4S2/c1-4-14-31(15-5-1)34-24-26-43-39(28-34)36-20-10-12-22-42(36)55(43)35-29-40-46-45(27-25-38-37-21-11-13-23-44(37)56-48(38)46)57-47(40)41(30-35)51-53-49(32-16-6-2-7-17-32)52-50(54-51)33-18-8-3-9-19-33/h1-30H. The van der Waals surface area contributed by atoms with Crippen molar-refractivity contribution in [3.63, 3.8) is 0 Å². The molecule has 12 rings (SSSR count). The molecule has 0 atom stereocenters. The maximum Gasteiger partial charge on any atom is 0.165 e. The van der Waals surface area contributed by atoms with Gasteiger partial charge in [-0.25, -0.2) is 15.0 Å². The van der Waals surface area contributed by atoms with Crippen LogP contribution in [0.3, 0.4) is 0 Å². The summed E-state index contributed by atoms with van der Waals surface area (Å²) in [7, 11) is 0. The van der Waals surface area contributed by atoms with E-state index in [1.165, 1.54) is 57.5 Å². The molecule has 57 heavy (non-hydrogen) atoms. The highest BCUT2D eigenvalue weighted by molar-refractivity contribution is 7.30. The van der Waals surface area contributed by atoms with Gasteiger partial charge in [0.25, 0.3) is 0 Å². The summed E-state index contributed by atoms with van der Waals surface area (Å²) < 4.78 is 7.44. The van der Waals surface area contributed by atoms with Crippen molar-refractivity contribution in [2.75, 3.05) is 0 Å². The molecule has 4 aromatic heterocycles. The molecule has 0 fully saturated rings.